The predicted molar refractivity (Wildman–Crippen MR) is 124 cm³/mol. The Morgan fingerprint density at radius 1 is 0.636 bits per heavy atom. The zero-order valence-electron chi connectivity index (χ0n) is 19.1. The lowest BCUT2D eigenvalue weighted by atomic mass is 9.87. The Balaban J connectivity index is 2.75. The van der Waals surface area contributed by atoms with Crippen molar-refractivity contribution in [3.63, 3.8) is 0 Å². The van der Waals surface area contributed by atoms with Gasteiger partial charge in [-0.3, -0.25) is 0 Å². The molecule has 0 amide bonds. The van der Waals surface area contributed by atoms with E-state index in [1.54, 1.807) is 0 Å². The van der Waals surface area contributed by atoms with Crippen molar-refractivity contribution in [2.75, 3.05) is 0 Å². The Morgan fingerprint density at radius 2 is 0.939 bits per heavy atom. The Labute approximate surface area is 195 Å². The van der Waals surface area contributed by atoms with E-state index in [0.717, 1.165) is 35.4 Å². The molecule has 0 saturated heterocycles. The third kappa shape index (κ3) is 5.59. The minimum Gasteiger partial charge on any atom is -0.210 e. The van der Waals surface area contributed by atoms with Gasteiger partial charge in [-0.05, 0) is 46.2 Å². The minimum atomic E-state index is -5.50. The van der Waals surface area contributed by atoms with Gasteiger partial charge in [0, 0.05) is 3.12 Å². The van der Waals surface area contributed by atoms with Crippen LogP contribution in [0.25, 0.3) is 0 Å². The highest BCUT2D eigenvalue weighted by atomic mass is 32.3. The monoisotopic (exact) mass is 514 g/mol. The number of nitrogens with zero attached hydrogens (tertiary/aromatic N) is 2. The van der Waals surface area contributed by atoms with E-state index in [9.17, 15) is 30.0 Å². The van der Waals surface area contributed by atoms with Gasteiger partial charge in [-0.25, -0.2) is 21.6 Å². The van der Waals surface area contributed by atoms with E-state index in [2.05, 4.69) is 4.40 Å². The normalized spacial score (nSPS) is 13.5. The Hall–Kier alpha value is -2.37. The maximum atomic E-state index is 13.2. The van der Waals surface area contributed by atoms with Crippen LogP contribution in [-0.2, 0) is 45.9 Å². The third-order valence-corrected chi connectivity index (χ3v) is 11.5. The summed E-state index contributed by atoms with van der Waals surface area (Å²) in [5, 5.41) is 0. The van der Waals surface area contributed by atoms with Gasteiger partial charge in [-0.1, -0.05) is 70.2 Å². The average molecular weight is 515 g/mol. The Morgan fingerprint density at radius 3 is 1.18 bits per heavy atom. The summed E-state index contributed by atoms with van der Waals surface area (Å²) in [6, 6.07) is 10.2. The molecule has 33 heavy (non-hydrogen) atoms. The smallest absolute Gasteiger partial charge is 0.210 e. The zero-order chi connectivity index (χ0) is 25.5. The topological polar surface area (TPSA) is 135 Å². The van der Waals surface area contributed by atoms with Crippen molar-refractivity contribution >= 4 is 36.3 Å². The van der Waals surface area contributed by atoms with Crippen LogP contribution in [0, 0.1) is 0 Å². The Kier molecular flexibility index (Phi) is 7.14. The molecule has 0 atom stereocenters. The van der Waals surface area contributed by atoms with Crippen molar-refractivity contribution in [2.45, 2.75) is 62.2 Å². The molecule has 0 radical (unpaired) electrons. The van der Waals surface area contributed by atoms with Gasteiger partial charge in [0.05, 0.1) is 9.79 Å². The molecule has 12 heteroatoms. The van der Waals surface area contributed by atoms with Crippen LogP contribution in [0.3, 0.4) is 0 Å². The van der Waals surface area contributed by atoms with Crippen LogP contribution in [-0.4, -0.2) is 34.4 Å². The van der Waals surface area contributed by atoms with Crippen LogP contribution in [0.2, 0.25) is 0 Å². The van der Waals surface area contributed by atoms with Gasteiger partial charge in [0.25, 0.3) is 26.1 Å². The van der Waals surface area contributed by atoms with Crippen LogP contribution in [0.1, 0.15) is 52.7 Å². The van der Waals surface area contributed by atoms with Gasteiger partial charge in [0.2, 0.25) is 0 Å². The van der Waals surface area contributed by atoms with Gasteiger partial charge >= 0.3 is 10.2 Å². The summed E-state index contributed by atoms with van der Waals surface area (Å²) < 4.78 is 79.8. The zero-order valence-corrected chi connectivity index (χ0v) is 21.5. The molecule has 2 aromatic rings. The quantitative estimate of drug-likeness (QED) is 0.426. The second-order valence-corrected chi connectivity index (χ2v) is 15.1. The molecule has 0 N–H and O–H groups in total. The number of sulfonamides is 2. The first-order valence-corrected chi connectivity index (χ1v) is 14.0. The number of hydrogen-bond acceptors (Lipinski definition) is 7. The predicted octanol–water partition coefficient (Wildman–Crippen LogP) is 3.24. The largest absolute Gasteiger partial charge is 0.360 e. The summed E-state index contributed by atoms with van der Waals surface area (Å²) in [5.41, 5.74) is 0.804. The SMILES string of the molecule is CC(C)(C)c1ccc(S(=O)(=O)N(S(=O)(=O)N=C=O)S(=O)(=O)c2ccc(C(C)(C)C)cc2)cc1. The van der Waals surface area contributed by atoms with E-state index < -0.39 is 43.2 Å². The molecule has 2 rings (SSSR count). The molecule has 0 aliphatic heterocycles. The maximum Gasteiger partial charge on any atom is 0.360 e. The Bertz CT molecular complexity index is 1300. The van der Waals surface area contributed by atoms with Crippen LogP contribution in [0.4, 0.5) is 0 Å². The third-order valence-electron chi connectivity index (χ3n) is 4.77. The van der Waals surface area contributed by atoms with Crippen molar-refractivity contribution in [3.8, 4) is 0 Å². The maximum absolute atomic E-state index is 13.2. The summed E-state index contributed by atoms with van der Waals surface area (Å²) in [4.78, 5) is 9.47. The van der Waals surface area contributed by atoms with Crippen molar-refractivity contribution in [1.29, 1.82) is 0 Å². The van der Waals surface area contributed by atoms with Crippen LogP contribution in [0.5, 0.6) is 0 Å². The van der Waals surface area contributed by atoms with Gasteiger partial charge in [-0.15, -0.1) is 0 Å². The fraction of sp³-hybridized carbons (Fsp3) is 0.381. The molecular formula is C21H26N2O7S3. The van der Waals surface area contributed by atoms with E-state index in [4.69, 9.17) is 0 Å². The lowest BCUT2D eigenvalue weighted by molar-refractivity contribution is 0.528. The van der Waals surface area contributed by atoms with Gasteiger partial charge in [0.15, 0.2) is 0 Å². The highest BCUT2D eigenvalue weighted by Gasteiger charge is 2.47. The fourth-order valence-corrected chi connectivity index (χ4v) is 8.60. The van der Waals surface area contributed by atoms with Gasteiger partial charge in [-0.2, -0.15) is 8.42 Å². The molecule has 9 nitrogen and oxygen atoms in total. The number of carbonyl (C=O) groups excluding carboxylic acids is 1. The second kappa shape index (κ2) is 8.77. The first kappa shape index (κ1) is 26.9. The van der Waals surface area contributed by atoms with Crippen molar-refractivity contribution in [1.82, 2.24) is 3.12 Å². The van der Waals surface area contributed by atoms with Crippen molar-refractivity contribution in [3.05, 3.63) is 59.7 Å². The van der Waals surface area contributed by atoms with E-state index >= 15 is 0 Å². The summed E-state index contributed by atoms with van der Waals surface area (Å²) in [5.74, 6) is 0. The van der Waals surface area contributed by atoms with E-state index in [1.165, 1.54) is 24.3 Å². The lowest BCUT2D eigenvalue weighted by Gasteiger charge is -2.22. The number of isocyanates is 1. The molecule has 0 bridgehead atoms. The second-order valence-electron chi connectivity index (χ2n) is 9.35. The van der Waals surface area contributed by atoms with E-state index in [1.807, 2.05) is 41.5 Å². The molecule has 0 aliphatic carbocycles. The molecule has 0 heterocycles. The fourth-order valence-electron chi connectivity index (χ4n) is 2.88. The molecule has 0 unspecified atom stereocenters. The lowest BCUT2D eigenvalue weighted by Crippen LogP contribution is -2.40. The van der Waals surface area contributed by atoms with Gasteiger partial charge < -0.3 is 0 Å². The van der Waals surface area contributed by atoms with Crippen LogP contribution in [0.15, 0.2) is 62.7 Å². The van der Waals surface area contributed by atoms with Crippen LogP contribution >= 0.6 is 0 Å². The highest BCUT2D eigenvalue weighted by Crippen LogP contribution is 2.31. The molecule has 0 saturated carbocycles. The van der Waals surface area contributed by atoms with Crippen LogP contribution < -0.4 is 0 Å². The summed E-state index contributed by atoms with van der Waals surface area (Å²) >= 11 is 0. The van der Waals surface area contributed by atoms with E-state index in [0.29, 0.717) is 6.08 Å². The molecule has 0 spiro atoms. The summed E-state index contributed by atoms with van der Waals surface area (Å²) in [7, 11) is -15.9. The van der Waals surface area contributed by atoms with E-state index in [-0.39, 0.29) is 10.8 Å². The average Bonchev–Trinajstić information content (AvgIpc) is 2.66. The highest BCUT2D eigenvalue weighted by molar-refractivity contribution is 8.17. The molecular weight excluding hydrogens is 488 g/mol. The summed E-state index contributed by atoms with van der Waals surface area (Å²) in [6.07, 6.45) is 0.710. The molecule has 2 aromatic carbocycles. The van der Waals surface area contributed by atoms with Crippen molar-refractivity contribution < 1.29 is 30.0 Å². The molecule has 0 aromatic heterocycles. The summed E-state index contributed by atoms with van der Waals surface area (Å²) in [6.45, 7) is 11.3. The number of rotatable bonds is 6. The van der Waals surface area contributed by atoms with Gasteiger partial charge in [0.1, 0.15) is 0 Å². The number of hydrogen-bond donors (Lipinski definition) is 0. The molecule has 0 aliphatic rings. The minimum absolute atomic E-state index is 0.337. The molecule has 0 fully saturated rings. The molecule has 180 valence electrons. The number of benzene rings is 2. The van der Waals surface area contributed by atoms with Crippen molar-refractivity contribution in [2.24, 2.45) is 4.40 Å². The first-order chi connectivity index (χ1) is 14.8. The first-order valence-electron chi connectivity index (χ1n) is 9.71. The standard InChI is InChI=1S/C21H26N2O7S3/c1-20(2,3)16-7-11-18(12-8-16)31(25,26)23(33(29,30)22-15-24)32(27,28)19-13-9-17(10-14-19)21(4,5)6/h7-14H,1-6H3.